The van der Waals surface area contributed by atoms with Gasteiger partial charge in [-0.15, -0.1) is 0 Å². The van der Waals surface area contributed by atoms with Crippen molar-refractivity contribution in [2.75, 3.05) is 13.2 Å². The first kappa shape index (κ1) is 10.1. The van der Waals surface area contributed by atoms with Crippen LogP contribution in [-0.2, 0) is 9.31 Å². The Kier molecular flexibility index (Phi) is 4.70. The van der Waals surface area contributed by atoms with Gasteiger partial charge in [-0.1, -0.05) is 25.7 Å². The third-order valence-electron chi connectivity index (χ3n) is 2.45. The summed E-state index contributed by atoms with van der Waals surface area (Å²) in [6, 6.07) is 0. The Labute approximate surface area is 75.8 Å². The second kappa shape index (κ2) is 5.60. The van der Waals surface area contributed by atoms with Crippen LogP contribution in [-0.4, -0.2) is 20.3 Å². The SMILES string of the molecule is CCOB(OCC)C1CCCC1. The Bertz CT molecular complexity index is 107. The lowest BCUT2D eigenvalue weighted by Gasteiger charge is -2.17. The van der Waals surface area contributed by atoms with Gasteiger partial charge in [-0.05, 0) is 19.7 Å². The van der Waals surface area contributed by atoms with Crippen LogP contribution in [0, 0.1) is 0 Å². The lowest BCUT2D eigenvalue weighted by atomic mass is 9.70. The molecule has 1 fully saturated rings. The molecule has 0 bridgehead atoms. The van der Waals surface area contributed by atoms with Gasteiger partial charge in [-0.3, -0.25) is 0 Å². The number of rotatable bonds is 5. The molecule has 1 saturated carbocycles. The molecule has 0 amide bonds. The fraction of sp³-hybridized carbons (Fsp3) is 1.00. The maximum atomic E-state index is 5.54. The summed E-state index contributed by atoms with van der Waals surface area (Å²) in [7, 11) is 0.0718. The molecular formula is C9H19BO2. The Morgan fingerprint density at radius 1 is 1.08 bits per heavy atom. The monoisotopic (exact) mass is 170 g/mol. The molecule has 1 aliphatic rings. The highest BCUT2D eigenvalue weighted by molar-refractivity contribution is 6.46. The Hall–Kier alpha value is -0.0151. The second-order valence-corrected chi connectivity index (χ2v) is 3.32. The molecule has 0 N–H and O–H groups in total. The third kappa shape index (κ3) is 2.79. The van der Waals surface area contributed by atoms with Gasteiger partial charge in [0, 0.05) is 13.2 Å². The molecule has 1 rings (SSSR count). The van der Waals surface area contributed by atoms with Gasteiger partial charge >= 0.3 is 7.12 Å². The molecule has 0 aromatic rings. The lowest BCUT2D eigenvalue weighted by Crippen LogP contribution is -2.27. The normalized spacial score (nSPS) is 18.5. The van der Waals surface area contributed by atoms with Gasteiger partial charge in [0.05, 0.1) is 0 Å². The van der Waals surface area contributed by atoms with Crippen LogP contribution in [0.1, 0.15) is 39.5 Å². The lowest BCUT2D eigenvalue weighted by molar-refractivity contribution is 0.204. The Morgan fingerprint density at radius 2 is 1.58 bits per heavy atom. The third-order valence-corrected chi connectivity index (χ3v) is 2.45. The quantitative estimate of drug-likeness (QED) is 0.590. The van der Waals surface area contributed by atoms with Crippen LogP contribution in [0.5, 0.6) is 0 Å². The summed E-state index contributed by atoms with van der Waals surface area (Å²) >= 11 is 0. The molecule has 0 aromatic carbocycles. The van der Waals surface area contributed by atoms with E-state index in [9.17, 15) is 0 Å². The average Bonchev–Trinajstić information content (AvgIpc) is 2.56. The minimum absolute atomic E-state index is 0.0718. The summed E-state index contributed by atoms with van der Waals surface area (Å²) in [5.41, 5.74) is 0. The van der Waals surface area contributed by atoms with Crippen molar-refractivity contribution in [3.63, 3.8) is 0 Å². The van der Waals surface area contributed by atoms with Gasteiger partial charge < -0.3 is 9.31 Å². The maximum Gasteiger partial charge on any atom is 0.460 e. The summed E-state index contributed by atoms with van der Waals surface area (Å²) in [4.78, 5) is 0. The van der Waals surface area contributed by atoms with Crippen LogP contribution in [0.15, 0.2) is 0 Å². The molecule has 0 saturated heterocycles. The van der Waals surface area contributed by atoms with E-state index >= 15 is 0 Å². The van der Waals surface area contributed by atoms with Crippen molar-refractivity contribution in [2.24, 2.45) is 0 Å². The molecule has 0 unspecified atom stereocenters. The second-order valence-electron chi connectivity index (χ2n) is 3.32. The predicted molar refractivity (Wildman–Crippen MR) is 51.2 cm³/mol. The molecular weight excluding hydrogens is 151 g/mol. The smallest absolute Gasteiger partial charge is 0.411 e. The number of hydrogen-bond acceptors (Lipinski definition) is 2. The molecule has 1 aliphatic carbocycles. The first-order chi connectivity index (χ1) is 5.88. The van der Waals surface area contributed by atoms with Crippen LogP contribution < -0.4 is 0 Å². The van der Waals surface area contributed by atoms with Gasteiger partial charge in [0.1, 0.15) is 0 Å². The molecule has 0 heterocycles. The zero-order chi connectivity index (χ0) is 8.81. The molecule has 0 aromatic heterocycles. The van der Waals surface area contributed by atoms with Crippen LogP contribution in [0.4, 0.5) is 0 Å². The van der Waals surface area contributed by atoms with Crippen molar-refractivity contribution in [3.05, 3.63) is 0 Å². The standard InChI is InChI=1S/C9H19BO2/c1-3-11-10(12-4-2)9-7-5-6-8-9/h9H,3-8H2,1-2H3. The molecule has 12 heavy (non-hydrogen) atoms. The average molecular weight is 170 g/mol. The van der Waals surface area contributed by atoms with Gasteiger partial charge in [0.2, 0.25) is 0 Å². The van der Waals surface area contributed by atoms with Crippen LogP contribution >= 0.6 is 0 Å². The molecule has 0 spiro atoms. The van der Waals surface area contributed by atoms with Gasteiger partial charge in [-0.2, -0.15) is 0 Å². The largest absolute Gasteiger partial charge is 0.460 e. The van der Waals surface area contributed by atoms with Crippen molar-refractivity contribution in [3.8, 4) is 0 Å². The van der Waals surface area contributed by atoms with Crippen molar-refractivity contribution in [1.82, 2.24) is 0 Å². The summed E-state index contributed by atoms with van der Waals surface area (Å²) in [5.74, 6) is 0.657. The summed E-state index contributed by atoms with van der Waals surface area (Å²) in [5, 5.41) is 0. The fourth-order valence-corrected chi connectivity index (χ4v) is 1.88. The molecule has 70 valence electrons. The van der Waals surface area contributed by atoms with Crippen molar-refractivity contribution in [1.29, 1.82) is 0 Å². The fourth-order valence-electron chi connectivity index (χ4n) is 1.88. The minimum Gasteiger partial charge on any atom is -0.411 e. The number of hydrogen-bond donors (Lipinski definition) is 0. The summed E-state index contributed by atoms with van der Waals surface area (Å²) in [6.45, 7) is 5.59. The van der Waals surface area contributed by atoms with Crippen LogP contribution in [0.2, 0.25) is 5.82 Å². The van der Waals surface area contributed by atoms with E-state index in [2.05, 4.69) is 0 Å². The Morgan fingerprint density at radius 3 is 2.00 bits per heavy atom. The van der Waals surface area contributed by atoms with Gasteiger partial charge in [0.15, 0.2) is 0 Å². The van der Waals surface area contributed by atoms with E-state index in [1.165, 1.54) is 25.7 Å². The highest BCUT2D eigenvalue weighted by Crippen LogP contribution is 2.33. The maximum absolute atomic E-state index is 5.54. The van der Waals surface area contributed by atoms with Gasteiger partial charge in [-0.25, -0.2) is 0 Å². The summed E-state index contributed by atoms with van der Waals surface area (Å²) in [6.07, 6.45) is 5.26. The van der Waals surface area contributed by atoms with Crippen LogP contribution in [0.3, 0.4) is 0 Å². The zero-order valence-electron chi connectivity index (χ0n) is 8.21. The van der Waals surface area contributed by atoms with Crippen LogP contribution in [0.25, 0.3) is 0 Å². The minimum atomic E-state index is 0.0718. The first-order valence-electron chi connectivity index (χ1n) is 5.11. The highest BCUT2D eigenvalue weighted by atomic mass is 16.6. The Balaban J connectivity index is 2.29. The first-order valence-corrected chi connectivity index (χ1v) is 5.11. The molecule has 0 aliphatic heterocycles. The van der Waals surface area contributed by atoms with Gasteiger partial charge in [0.25, 0.3) is 0 Å². The van der Waals surface area contributed by atoms with E-state index in [0.717, 1.165) is 13.2 Å². The molecule has 2 nitrogen and oxygen atoms in total. The van der Waals surface area contributed by atoms with E-state index in [4.69, 9.17) is 9.31 Å². The van der Waals surface area contributed by atoms with E-state index in [-0.39, 0.29) is 7.12 Å². The van der Waals surface area contributed by atoms with E-state index < -0.39 is 0 Å². The van der Waals surface area contributed by atoms with E-state index in [0.29, 0.717) is 5.82 Å². The molecule has 0 atom stereocenters. The topological polar surface area (TPSA) is 18.5 Å². The molecule has 0 radical (unpaired) electrons. The van der Waals surface area contributed by atoms with Crippen molar-refractivity contribution >= 4 is 7.12 Å². The predicted octanol–water partition coefficient (Wildman–Crippen LogP) is 2.49. The molecule has 3 heteroatoms. The van der Waals surface area contributed by atoms with Crippen molar-refractivity contribution < 1.29 is 9.31 Å². The highest BCUT2D eigenvalue weighted by Gasteiger charge is 2.31. The summed E-state index contributed by atoms with van der Waals surface area (Å²) < 4.78 is 11.1. The van der Waals surface area contributed by atoms with E-state index in [1.54, 1.807) is 0 Å². The van der Waals surface area contributed by atoms with E-state index in [1.807, 2.05) is 13.8 Å². The zero-order valence-corrected chi connectivity index (χ0v) is 8.21. The van der Waals surface area contributed by atoms with Crippen molar-refractivity contribution in [2.45, 2.75) is 45.3 Å².